The van der Waals surface area contributed by atoms with Gasteiger partial charge in [0.05, 0.1) is 0 Å². The third kappa shape index (κ3) is 3.50. The van der Waals surface area contributed by atoms with E-state index in [4.69, 9.17) is 15.2 Å². The van der Waals surface area contributed by atoms with Crippen molar-refractivity contribution in [3.8, 4) is 11.5 Å². The summed E-state index contributed by atoms with van der Waals surface area (Å²) in [7, 11) is 2.21. The smallest absolute Gasteiger partial charge is 0.231 e. The lowest BCUT2D eigenvalue weighted by Crippen LogP contribution is -2.37. The molecular formula is C17H26N2O2. The normalized spacial score (nSPS) is 20.5. The Labute approximate surface area is 127 Å². The lowest BCUT2D eigenvalue weighted by atomic mass is 10.0. The lowest BCUT2D eigenvalue weighted by Gasteiger charge is -2.29. The van der Waals surface area contributed by atoms with E-state index in [-0.39, 0.29) is 6.04 Å². The van der Waals surface area contributed by atoms with Crippen molar-refractivity contribution >= 4 is 0 Å². The fourth-order valence-electron chi connectivity index (χ4n) is 3.41. The van der Waals surface area contributed by atoms with E-state index in [9.17, 15) is 0 Å². The summed E-state index contributed by atoms with van der Waals surface area (Å²) >= 11 is 0. The van der Waals surface area contributed by atoms with Crippen LogP contribution in [0.3, 0.4) is 0 Å². The highest BCUT2D eigenvalue weighted by Gasteiger charge is 2.21. The number of nitrogens with two attached hydrogens (primary N) is 1. The molecule has 0 spiro atoms. The van der Waals surface area contributed by atoms with Gasteiger partial charge in [0.2, 0.25) is 6.79 Å². The molecule has 4 heteroatoms. The second-order valence-electron chi connectivity index (χ2n) is 6.30. The van der Waals surface area contributed by atoms with Crippen LogP contribution in [0.5, 0.6) is 11.5 Å². The van der Waals surface area contributed by atoms with Gasteiger partial charge in [-0.3, -0.25) is 0 Å². The highest BCUT2D eigenvalue weighted by Crippen LogP contribution is 2.34. The summed E-state index contributed by atoms with van der Waals surface area (Å²) in [5, 5.41) is 0. The lowest BCUT2D eigenvalue weighted by molar-refractivity contribution is 0.174. The van der Waals surface area contributed by atoms with Crippen molar-refractivity contribution < 1.29 is 9.47 Å². The van der Waals surface area contributed by atoms with E-state index >= 15 is 0 Å². The Morgan fingerprint density at radius 1 is 1.14 bits per heavy atom. The third-order valence-electron chi connectivity index (χ3n) is 4.76. The Kier molecular flexibility index (Phi) is 4.66. The fourth-order valence-corrected chi connectivity index (χ4v) is 3.41. The first-order chi connectivity index (χ1) is 10.2. The number of likely N-dealkylation sites (N-methyl/N-ethyl adjacent to an activating group) is 1. The molecule has 0 radical (unpaired) electrons. The first-order valence-corrected chi connectivity index (χ1v) is 8.09. The Morgan fingerprint density at radius 2 is 1.86 bits per heavy atom. The average Bonchev–Trinajstić information content (AvgIpc) is 2.78. The van der Waals surface area contributed by atoms with Crippen LogP contribution in [0.25, 0.3) is 0 Å². The molecule has 1 aromatic carbocycles. The molecule has 0 saturated heterocycles. The maximum atomic E-state index is 6.40. The maximum Gasteiger partial charge on any atom is 0.231 e. The van der Waals surface area contributed by atoms with Crippen molar-refractivity contribution in [3.05, 3.63) is 23.8 Å². The van der Waals surface area contributed by atoms with Crippen LogP contribution in [0, 0.1) is 0 Å². The second kappa shape index (κ2) is 6.67. The monoisotopic (exact) mass is 290 g/mol. The predicted octanol–water partition coefficient (Wildman–Crippen LogP) is 3.07. The van der Waals surface area contributed by atoms with Gasteiger partial charge in [-0.1, -0.05) is 31.7 Å². The van der Waals surface area contributed by atoms with Crippen LogP contribution in [-0.2, 0) is 0 Å². The van der Waals surface area contributed by atoms with Gasteiger partial charge >= 0.3 is 0 Å². The molecule has 0 amide bonds. The van der Waals surface area contributed by atoms with Crippen LogP contribution in [-0.4, -0.2) is 31.3 Å². The largest absolute Gasteiger partial charge is 0.454 e. The number of fused-ring (bicyclic) bond motifs is 1. The van der Waals surface area contributed by atoms with Crippen molar-refractivity contribution in [2.45, 2.75) is 50.6 Å². The van der Waals surface area contributed by atoms with Gasteiger partial charge < -0.3 is 20.1 Å². The minimum Gasteiger partial charge on any atom is -0.454 e. The number of benzene rings is 1. The van der Waals surface area contributed by atoms with E-state index in [0.29, 0.717) is 12.8 Å². The number of nitrogens with zero attached hydrogens (tertiary/aromatic N) is 1. The van der Waals surface area contributed by atoms with E-state index in [1.54, 1.807) is 0 Å². The molecule has 1 aromatic rings. The maximum absolute atomic E-state index is 6.40. The molecule has 0 bridgehead atoms. The van der Waals surface area contributed by atoms with E-state index in [1.165, 1.54) is 38.5 Å². The molecule has 2 N–H and O–H groups in total. The predicted molar refractivity (Wildman–Crippen MR) is 83.6 cm³/mol. The molecule has 4 nitrogen and oxygen atoms in total. The van der Waals surface area contributed by atoms with Gasteiger partial charge in [-0.2, -0.15) is 0 Å². The Balaban J connectivity index is 1.61. The number of rotatable bonds is 4. The van der Waals surface area contributed by atoms with Crippen LogP contribution in [0.1, 0.15) is 50.1 Å². The van der Waals surface area contributed by atoms with E-state index in [2.05, 4.69) is 18.0 Å². The SMILES string of the molecule is CN(CC(N)c1ccc2c(c1)OCO2)C1CCCCCC1. The van der Waals surface area contributed by atoms with Crippen LogP contribution in [0.2, 0.25) is 0 Å². The zero-order chi connectivity index (χ0) is 14.7. The van der Waals surface area contributed by atoms with Gasteiger partial charge in [0.1, 0.15) is 0 Å². The fraction of sp³-hybridized carbons (Fsp3) is 0.647. The van der Waals surface area contributed by atoms with Gasteiger partial charge in [-0.15, -0.1) is 0 Å². The molecule has 1 heterocycles. The molecule has 0 aromatic heterocycles. The van der Waals surface area contributed by atoms with Gasteiger partial charge in [-0.05, 0) is 37.6 Å². The molecule has 2 aliphatic rings. The molecule has 1 fully saturated rings. The summed E-state index contributed by atoms with van der Waals surface area (Å²) in [6, 6.07) is 6.75. The average molecular weight is 290 g/mol. The van der Waals surface area contributed by atoms with Gasteiger partial charge in [0.25, 0.3) is 0 Å². The first kappa shape index (κ1) is 14.7. The minimum atomic E-state index is 0.0211. The van der Waals surface area contributed by atoms with E-state index in [0.717, 1.165) is 23.6 Å². The highest BCUT2D eigenvalue weighted by molar-refractivity contribution is 5.45. The van der Waals surface area contributed by atoms with Crippen molar-refractivity contribution in [3.63, 3.8) is 0 Å². The van der Waals surface area contributed by atoms with Gasteiger partial charge in [0.15, 0.2) is 11.5 Å². The second-order valence-corrected chi connectivity index (χ2v) is 6.30. The third-order valence-corrected chi connectivity index (χ3v) is 4.76. The molecule has 1 aliphatic heterocycles. The Morgan fingerprint density at radius 3 is 2.62 bits per heavy atom. The molecule has 1 saturated carbocycles. The molecule has 1 unspecified atom stereocenters. The van der Waals surface area contributed by atoms with Crippen LogP contribution >= 0.6 is 0 Å². The van der Waals surface area contributed by atoms with Crippen LogP contribution in [0.15, 0.2) is 18.2 Å². The number of hydrogen-bond donors (Lipinski definition) is 1. The zero-order valence-corrected chi connectivity index (χ0v) is 12.9. The van der Waals surface area contributed by atoms with E-state index < -0.39 is 0 Å². The van der Waals surface area contributed by atoms with Crippen molar-refractivity contribution in [2.75, 3.05) is 20.4 Å². The standard InChI is InChI=1S/C17H26N2O2/c1-19(14-6-4-2-3-5-7-14)11-15(18)13-8-9-16-17(10-13)21-12-20-16/h8-10,14-15H,2-7,11-12,18H2,1H3. The van der Waals surface area contributed by atoms with Crippen molar-refractivity contribution in [1.29, 1.82) is 0 Å². The van der Waals surface area contributed by atoms with Crippen LogP contribution < -0.4 is 15.2 Å². The summed E-state index contributed by atoms with van der Waals surface area (Å²) in [5.41, 5.74) is 7.52. The van der Waals surface area contributed by atoms with Crippen molar-refractivity contribution in [2.24, 2.45) is 5.73 Å². The topological polar surface area (TPSA) is 47.7 Å². The number of hydrogen-bond acceptors (Lipinski definition) is 4. The highest BCUT2D eigenvalue weighted by atomic mass is 16.7. The summed E-state index contributed by atoms with van der Waals surface area (Å²) in [5.74, 6) is 1.64. The Bertz CT molecular complexity index is 470. The summed E-state index contributed by atoms with van der Waals surface area (Å²) in [6.45, 7) is 1.21. The number of ether oxygens (including phenoxy) is 2. The molecule has 116 valence electrons. The van der Waals surface area contributed by atoms with Crippen molar-refractivity contribution in [1.82, 2.24) is 4.90 Å². The van der Waals surface area contributed by atoms with Gasteiger partial charge in [0, 0.05) is 18.6 Å². The molecule has 3 rings (SSSR count). The van der Waals surface area contributed by atoms with Gasteiger partial charge in [-0.25, -0.2) is 0 Å². The molecule has 1 atom stereocenters. The summed E-state index contributed by atoms with van der Waals surface area (Å²) in [6.07, 6.45) is 8.11. The first-order valence-electron chi connectivity index (χ1n) is 8.09. The molecular weight excluding hydrogens is 264 g/mol. The molecule has 21 heavy (non-hydrogen) atoms. The molecule has 1 aliphatic carbocycles. The van der Waals surface area contributed by atoms with E-state index in [1.807, 2.05) is 12.1 Å². The van der Waals surface area contributed by atoms with Crippen LogP contribution in [0.4, 0.5) is 0 Å². The summed E-state index contributed by atoms with van der Waals surface area (Å²) in [4.78, 5) is 2.45. The quantitative estimate of drug-likeness (QED) is 0.866. The summed E-state index contributed by atoms with van der Waals surface area (Å²) < 4.78 is 10.8. The zero-order valence-electron chi connectivity index (χ0n) is 12.9. The Hall–Kier alpha value is -1.26. The minimum absolute atomic E-state index is 0.0211.